The molecule has 1 heterocycles. The summed E-state index contributed by atoms with van der Waals surface area (Å²) in [7, 11) is -2.94. The molecule has 0 aliphatic carbocycles. The van der Waals surface area contributed by atoms with Gasteiger partial charge in [-0.05, 0) is 30.4 Å². The maximum absolute atomic E-state index is 12.3. The lowest BCUT2D eigenvalue weighted by Crippen LogP contribution is -2.40. The van der Waals surface area contributed by atoms with Gasteiger partial charge in [0.15, 0.2) is 0 Å². The fourth-order valence-electron chi connectivity index (χ4n) is 2.69. The molecule has 1 aliphatic rings. The number of amides is 1. The van der Waals surface area contributed by atoms with E-state index in [-0.39, 0.29) is 17.6 Å². The Morgan fingerprint density at radius 3 is 2.48 bits per heavy atom. The molecule has 0 spiro atoms. The second kappa shape index (κ2) is 6.79. The summed E-state index contributed by atoms with van der Waals surface area (Å²) >= 11 is 6.07. The molecule has 0 bridgehead atoms. The molecule has 0 atom stereocenters. The van der Waals surface area contributed by atoms with Crippen LogP contribution in [0.15, 0.2) is 24.3 Å². The first kappa shape index (κ1) is 16.3. The number of piperidine rings is 1. The smallest absolute Gasteiger partial charge is 0.227 e. The zero-order valence-corrected chi connectivity index (χ0v) is 13.7. The van der Waals surface area contributed by atoms with Crippen molar-refractivity contribution in [3.63, 3.8) is 0 Å². The van der Waals surface area contributed by atoms with E-state index < -0.39 is 9.84 Å². The summed E-state index contributed by atoms with van der Waals surface area (Å²) in [4.78, 5) is 14.1. The molecule has 0 N–H and O–H groups in total. The number of sulfone groups is 1. The SMILES string of the molecule is CS(=O)(=O)CC1CCN(C(=O)Cc2ccccc2Cl)CC1. The summed E-state index contributed by atoms with van der Waals surface area (Å²) < 4.78 is 22.6. The van der Waals surface area contributed by atoms with E-state index in [2.05, 4.69) is 0 Å². The Bertz CT molecular complexity index is 607. The van der Waals surface area contributed by atoms with Crippen LogP contribution in [-0.2, 0) is 21.1 Å². The molecular formula is C15H20ClNO3S. The molecule has 116 valence electrons. The molecule has 1 fully saturated rings. The molecule has 6 heteroatoms. The van der Waals surface area contributed by atoms with Gasteiger partial charge < -0.3 is 4.90 Å². The van der Waals surface area contributed by atoms with E-state index in [1.165, 1.54) is 6.26 Å². The Morgan fingerprint density at radius 1 is 1.29 bits per heavy atom. The summed E-state index contributed by atoms with van der Waals surface area (Å²) in [6.07, 6.45) is 3.07. The third-order valence-electron chi connectivity index (χ3n) is 3.81. The molecular weight excluding hydrogens is 310 g/mol. The number of halogens is 1. The Labute approximate surface area is 131 Å². The van der Waals surface area contributed by atoms with Gasteiger partial charge in [0.25, 0.3) is 0 Å². The van der Waals surface area contributed by atoms with Crippen LogP contribution in [0, 0.1) is 5.92 Å². The zero-order chi connectivity index (χ0) is 15.5. The first-order valence-corrected chi connectivity index (χ1v) is 9.48. The number of rotatable bonds is 4. The predicted octanol–water partition coefficient (Wildman–Crippen LogP) is 2.17. The summed E-state index contributed by atoms with van der Waals surface area (Å²) in [6.45, 7) is 1.26. The van der Waals surface area contributed by atoms with Crippen LogP contribution < -0.4 is 0 Å². The molecule has 1 aromatic rings. The van der Waals surface area contributed by atoms with Crippen molar-refractivity contribution in [2.75, 3.05) is 25.1 Å². The van der Waals surface area contributed by atoms with Gasteiger partial charge in [0, 0.05) is 24.4 Å². The van der Waals surface area contributed by atoms with Crippen molar-refractivity contribution in [2.24, 2.45) is 5.92 Å². The summed E-state index contributed by atoms with van der Waals surface area (Å²) in [6, 6.07) is 7.35. The first-order valence-electron chi connectivity index (χ1n) is 7.04. The molecule has 0 saturated carbocycles. The number of likely N-dealkylation sites (tertiary alicyclic amines) is 1. The second-order valence-electron chi connectivity index (χ2n) is 5.68. The lowest BCUT2D eigenvalue weighted by atomic mass is 9.98. The van der Waals surface area contributed by atoms with Crippen molar-refractivity contribution in [3.8, 4) is 0 Å². The van der Waals surface area contributed by atoms with E-state index >= 15 is 0 Å². The molecule has 0 radical (unpaired) electrons. The van der Waals surface area contributed by atoms with Gasteiger partial charge in [0.05, 0.1) is 12.2 Å². The number of hydrogen-bond donors (Lipinski definition) is 0. The van der Waals surface area contributed by atoms with E-state index in [0.717, 1.165) is 18.4 Å². The topological polar surface area (TPSA) is 54.5 Å². The first-order chi connectivity index (χ1) is 9.85. The number of carbonyl (C=O) groups is 1. The van der Waals surface area contributed by atoms with Crippen LogP contribution in [0.2, 0.25) is 5.02 Å². The number of nitrogens with zero attached hydrogens (tertiary/aromatic N) is 1. The second-order valence-corrected chi connectivity index (χ2v) is 8.28. The Hall–Kier alpha value is -1.07. The van der Waals surface area contributed by atoms with Gasteiger partial charge in [-0.3, -0.25) is 4.79 Å². The standard InChI is InChI=1S/C15H20ClNO3S/c1-21(19,20)11-12-6-8-17(9-7-12)15(18)10-13-4-2-3-5-14(13)16/h2-5,12H,6-11H2,1H3. The van der Waals surface area contributed by atoms with Crippen molar-refractivity contribution in [3.05, 3.63) is 34.9 Å². The molecule has 0 unspecified atom stereocenters. The van der Waals surface area contributed by atoms with Gasteiger partial charge in [-0.1, -0.05) is 29.8 Å². The van der Waals surface area contributed by atoms with Gasteiger partial charge in [-0.25, -0.2) is 8.42 Å². The largest absolute Gasteiger partial charge is 0.342 e. The van der Waals surface area contributed by atoms with E-state index in [4.69, 9.17) is 11.6 Å². The van der Waals surface area contributed by atoms with E-state index in [1.54, 1.807) is 6.07 Å². The molecule has 1 amide bonds. The van der Waals surface area contributed by atoms with Crippen LogP contribution in [0.4, 0.5) is 0 Å². The summed E-state index contributed by atoms with van der Waals surface area (Å²) in [5.41, 5.74) is 0.836. The minimum Gasteiger partial charge on any atom is -0.342 e. The minimum atomic E-state index is -2.94. The number of hydrogen-bond acceptors (Lipinski definition) is 3. The minimum absolute atomic E-state index is 0.0564. The lowest BCUT2D eigenvalue weighted by Gasteiger charge is -2.31. The van der Waals surface area contributed by atoms with E-state index in [9.17, 15) is 13.2 Å². The van der Waals surface area contributed by atoms with Gasteiger partial charge in [0.1, 0.15) is 9.84 Å². The van der Waals surface area contributed by atoms with Crippen molar-refractivity contribution >= 4 is 27.3 Å². The van der Waals surface area contributed by atoms with Crippen LogP contribution in [0.3, 0.4) is 0 Å². The molecule has 0 aromatic heterocycles. The maximum Gasteiger partial charge on any atom is 0.227 e. The molecule has 1 aliphatic heterocycles. The maximum atomic E-state index is 12.3. The normalized spacial score (nSPS) is 17.0. The van der Waals surface area contributed by atoms with Crippen LogP contribution in [0.25, 0.3) is 0 Å². The third kappa shape index (κ3) is 5.00. The molecule has 2 rings (SSSR count). The Morgan fingerprint density at radius 2 is 1.90 bits per heavy atom. The van der Waals surface area contributed by atoms with Crippen molar-refractivity contribution < 1.29 is 13.2 Å². The summed E-state index contributed by atoms with van der Waals surface area (Å²) in [5.74, 6) is 0.449. The van der Waals surface area contributed by atoms with Crippen molar-refractivity contribution in [1.29, 1.82) is 0 Å². The average Bonchev–Trinajstić information content (AvgIpc) is 2.40. The highest BCUT2D eigenvalue weighted by Crippen LogP contribution is 2.21. The third-order valence-corrected chi connectivity index (χ3v) is 5.25. The van der Waals surface area contributed by atoms with Gasteiger partial charge >= 0.3 is 0 Å². The van der Waals surface area contributed by atoms with Crippen LogP contribution in [-0.4, -0.2) is 44.3 Å². The van der Waals surface area contributed by atoms with Crippen molar-refractivity contribution in [1.82, 2.24) is 4.90 Å². The highest BCUT2D eigenvalue weighted by Gasteiger charge is 2.25. The summed E-state index contributed by atoms with van der Waals surface area (Å²) in [5, 5.41) is 0.609. The fraction of sp³-hybridized carbons (Fsp3) is 0.533. The van der Waals surface area contributed by atoms with E-state index in [0.29, 0.717) is 24.5 Å². The lowest BCUT2D eigenvalue weighted by molar-refractivity contribution is -0.131. The average molecular weight is 330 g/mol. The monoisotopic (exact) mass is 329 g/mol. The van der Waals surface area contributed by atoms with E-state index in [1.807, 2.05) is 23.1 Å². The van der Waals surface area contributed by atoms with Crippen LogP contribution >= 0.6 is 11.6 Å². The highest BCUT2D eigenvalue weighted by molar-refractivity contribution is 7.90. The van der Waals surface area contributed by atoms with Gasteiger partial charge in [-0.2, -0.15) is 0 Å². The predicted molar refractivity (Wildman–Crippen MR) is 84.2 cm³/mol. The number of benzene rings is 1. The highest BCUT2D eigenvalue weighted by atomic mass is 35.5. The Kier molecular flexibility index (Phi) is 5.27. The molecule has 4 nitrogen and oxygen atoms in total. The zero-order valence-electron chi connectivity index (χ0n) is 12.1. The van der Waals surface area contributed by atoms with Crippen LogP contribution in [0.1, 0.15) is 18.4 Å². The molecule has 21 heavy (non-hydrogen) atoms. The van der Waals surface area contributed by atoms with Crippen molar-refractivity contribution in [2.45, 2.75) is 19.3 Å². The molecule has 1 aromatic carbocycles. The number of carbonyl (C=O) groups excluding carboxylic acids is 1. The Balaban J connectivity index is 1.88. The fourth-order valence-corrected chi connectivity index (χ4v) is 4.09. The molecule has 1 saturated heterocycles. The van der Waals surface area contributed by atoms with Crippen LogP contribution in [0.5, 0.6) is 0 Å². The quantitative estimate of drug-likeness (QED) is 0.850. The van der Waals surface area contributed by atoms with Gasteiger partial charge in [0.2, 0.25) is 5.91 Å². The van der Waals surface area contributed by atoms with Gasteiger partial charge in [-0.15, -0.1) is 0 Å².